The average Bonchev–Trinajstić information content (AvgIpc) is 3.25. The number of fused-ring (bicyclic) bond motifs is 1. The number of likely N-dealkylation sites (tertiary alicyclic amines) is 1. The second-order valence-corrected chi connectivity index (χ2v) is 7.41. The Kier molecular flexibility index (Phi) is 4.35. The summed E-state index contributed by atoms with van der Waals surface area (Å²) in [5.74, 6) is 0.633. The minimum absolute atomic E-state index is 0.0743. The number of nitrogens with two attached hydrogens (primary N) is 1. The number of piperidine rings is 1. The quantitative estimate of drug-likeness (QED) is 0.463. The largest absolute Gasteiger partial charge is 0.457 e. The van der Waals surface area contributed by atoms with Gasteiger partial charge in [-0.05, 0) is 55.3 Å². The molecule has 1 amide bonds. The summed E-state index contributed by atoms with van der Waals surface area (Å²) in [6, 6.07) is 15.5. The first-order valence-electron chi connectivity index (χ1n) is 12.4. The molecule has 0 aliphatic carbocycles. The van der Waals surface area contributed by atoms with Gasteiger partial charge in [0.15, 0.2) is 5.65 Å². The lowest BCUT2D eigenvalue weighted by molar-refractivity contribution is -0.127. The second kappa shape index (κ2) is 8.74. The van der Waals surface area contributed by atoms with E-state index < -0.39 is 24.9 Å². The van der Waals surface area contributed by atoms with Gasteiger partial charge in [-0.25, -0.2) is 14.6 Å². The smallest absolute Gasteiger partial charge is 0.246 e. The molecule has 1 saturated heterocycles. The first-order valence-corrected chi connectivity index (χ1v) is 10.4. The standard InChI is InChI=1S/C25H24N6O2/c1-2-21(32)30-14-6-7-18(15-30)31-25-22(24(26)27-16-28-25)23(29-31)17-10-12-20(13-11-17)33-19-8-4-3-5-9-19/h2-5,8-13,16,18H,1,6-7,14-15H2,(H2,26,27,28)/t18-/m1/s1/i14D2,15D2. The molecule has 166 valence electrons. The number of rotatable bonds is 5. The lowest BCUT2D eigenvalue weighted by Crippen LogP contribution is -2.40. The van der Waals surface area contributed by atoms with Crippen LogP contribution in [-0.2, 0) is 4.79 Å². The van der Waals surface area contributed by atoms with Crippen LogP contribution in [0, 0.1) is 0 Å². The first kappa shape index (κ1) is 16.4. The first-order chi connectivity index (χ1) is 17.6. The van der Waals surface area contributed by atoms with Gasteiger partial charge in [0.25, 0.3) is 0 Å². The van der Waals surface area contributed by atoms with Gasteiger partial charge in [-0.2, -0.15) is 5.10 Å². The Labute approximate surface area is 196 Å². The van der Waals surface area contributed by atoms with Gasteiger partial charge >= 0.3 is 0 Å². The van der Waals surface area contributed by atoms with E-state index in [0.717, 1.165) is 6.08 Å². The summed E-state index contributed by atoms with van der Waals surface area (Å²) >= 11 is 0. The molecular formula is C25H24N6O2. The van der Waals surface area contributed by atoms with E-state index in [1.165, 1.54) is 11.0 Å². The molecule has 2 aromatic heterocycles. The number of hydrogen-bond acceptors (Lipinski definition) is 6. The molecule has 0 spiro atoms. The summed E-state index contributed by atoms with van der Waals surface area (Å²) in [5.41, 5.74) is 7.62. The van der Waals surface area contributed by atoms with Crippen LogP contribution >= 0.6 is 0 Å². The average molecular weight is 445 g/mol. The Morgan fingerprint density at radius 3 is 2.67 bits per heavy atom. The highest BCUT2D eigenvalue weighted by molar-refractivity contribution is 5.98. The highest BCUT2D eigenvalue weighted by atomic mass is 16.5. The molecule has 1 aliphatic rings. The number of nitrogen functional groups attached to an aromatic ring is 1. The van der Waals surface area contributed by atoms with Gasteiger partial charge in [-0.15, -0.1) is 0 Å². The SMILES string of the molecule is [2H]C1([2H])CC[C@@H](n2nc(-c3ccc(Oc4ccccc4)cc3)c3c(N)ncnc32)C([2H])([2H])N1C(=O)C=C. The van der Waals surface area contributed by atoms with Crippen molar-refractivity contribution >= 4 is 22.8 Å². The van der Waals surface area contributed by atoms with E-state index >= 15 is 0 Å². The second-order valence-electron chi connectivity index (χ2n) is 7.41. The summed E-state index contributed by atoms with van der Waals surface area (Å²) in [6.07, 6.45) is 2.15. The Balaban J connectivity index is 1.58. The van der Waals surface area contributed by atoms with Crippen molar-refractivity contribution in [3.63, 3.8) is 0 Å². The monoisotopic (exact) mass is 444 g/mol. The van der Waals surface area contributed by atoms with Gasteiger partial charge in [0.1, 0.15) is 29.3 Å². The number of hydrogen-bond donors (Lipinski definition) is 1. The van der Waals surface area contributed by atoms with Crippen LogP contribution in [0.5, 0.6) is 11.5 Å². The maximum Gasteiger partial charge on any atom is 0.246 e. The maximum atomic E-state index is 12.5. The fourth-order valence-corrected chi connectivity index (χ4v) is 3.70. The Bertz CT molecular complexity index is 1470. The van der Waals surface area contributed by atoms with Gasteiger partial charge in [-0.3, -0.25) is 4.79 Å². The minimum Gasteiger partial charge on any atom is -0.457 e. The van der Waals surface area contributed by atoms with Crippen LogP contribution in [0.1, 0.15) is 24.4 Å². The number of anilines is 1. The van der Waals surface area contributed by atoms with Crippen molar-refractivity contribution in [2.45, 2.75) is 18.9 Å². The van der Waals surface area contributed by atoms with Crippen LogP contribution in [0.3, 0.4) is 0 Å². The van der Waals surface area contributed by atoms with Gasteiger partial charge < -0.3 is 15.4 Å². The molecular weight excluding hydrogens is 416 g/mol. The predicted molar refractivity (Wildman–Crippen MR) is 127 cm³/mol. The number of benzene rings is 2. The molecule has 2 N–H and O–H groups in total. The molecule has 1 aliphatic heterocycles. The van der Waals surface area contributed by atoms with Crippen LogP contribution in [0.25, 0.3) is 22.3 Å². The van der Waals surface area contributed by atoms with Crippen LogP contribution in [0.4, 0.5) is 5.82 Å². The Hall–Kier alpha value is -4.20. The number of aromatic nitrogens is 4. The molecule has 1 fully saturated rings. The van der Waals surface area contributed by atoms with E-state index in [2.05, 4.69) is 21.6 Å². The third-order valence-electron chi connectivity index (χ3n) is 5.28. The summed E-state index contributed by atoms with van der Waals surface area (Å²) in [7, 11) is 0. The van der Waals surface area contributed by atoms with E-state index in [4.69, 9.17) is 16.0 Å². The predicted octanol–water partition coefficient (Wildman–Crippen LogP) is 4.22. The van der Waals surface area contributed by atoms with Crippen molar-refractivity contribution in [2.24, 2.45) is 0 Å². The zero-order valence-corrected chi connectivity index (χ0v) is 17.7. The zero-order valence-electron chi connectivity index (χ0n) is 21.7. The number of ether oxygens (including phenoxy) is 1. The third kappa shape index (κ3) is 4.03. The van der Waals surface area contributed by atoms with Crippen molar-refractivity contribution in [3.8, 4) is 22.8 Å². The molecule has 8 nitrogen and oxygen atoms in total. The highest BCUT2D eigenvalue weighted by Gasteiger charge is 2.28. The fourth-order valence-electron chi connectivity index (χ4n) is 3.70. The summed E-state index contributed by atoms with van der Waals surface area (Å²) in [4.78, 5) is 21.5. The zero-order chi connectivity index (χ0) is 26.4. The summed E-state index contributed by atoms with van der Waals surface area (Å²) < 4.78 is 41.3. The molecule has 33 heavy (non-hydrogen) atoms. The Morgan fingerprint density at radius 2 is 1.91 bits per heavy atom. The van der Waals surface area contributed by atoms with E-state index in [0.29, 0.717) is 33.0 Å². The van der Waals surface area contributed by atoms with E-state index in [9.17, 15) is 4.79 Å². The molecule has 1 atom stereocenters. The van der Waals surface area contributed by atoms with Gasteiger partial charge in [-0.1, -0.05) is 24.8 Å². The van der Waals surface area contributed by atoms with Gasteiger partial charge in [0.05, 0.1) is 14.2 Å². The molecule has 0 bridgehead atoms. The third-order valence-corrected chi connectivity index (χ3v) is 5.28. The van der Waals surface area contributed by atoms with Crippen molar-refractivity contribution in [2.75, 3.05) is 18.7 Å². The lowest BCUT2D eigenvalue weighted by Gasteiger charge is -2.32. The van der Waals surface area contributed by atoms with E-state index in [1.54, 1.807) is 24.3 Å². The molecule has 5 rings (SSSR count). The minimum atomic E-state index is -2.43. The van der Waals surface area contributed by atoms with Crippen LogP contribution in [-0.4, -0.2) is 43.5 Å². The van der Waals surface area contributed by atoms with Crippen molar-refractivity contribution < 1.29 is 15.0 Å². The topological polar surface area (TPSA) is 99.2 Å². The molecule has 8 heteroatoms. The van der Waals surface area contributed by atoms with E-state index in [-0.39, 0.29) is 24.3 Å². The van der Waals surface area contributed by atoms with Crippen molar-refractivity contribution in [1.29, 1.82) is 0 Å². The molecule has 0 unspecified atom stereocenters. The molecule has 4 aromatic rings. The number of carbonyl (C=O) groups is 1. The van der Waals surface area contributed by atoms with Gasteiger partial charge in [0.2, 0.25) is 5.91 Å². The van der Waals surface area contributed by atoms with Crippen LogP contribution in [0.15, 0.2) is 73.6 Å². The van der Waals surface area contributed by atoms with Crippen LogP contribution in [0.2, 0.25) is 0 Å². The fraction of sp³-hybridized carbons (Fsp3) is 0.200. The number of para-hydroxylation sites is 1. The molecule has 2 aromatic carbocycles. The van der Waals surface area contributed by atoms with Crippen molar-refractivity contribution in [1.82, 2.24) is 24.6 Å². The maximum absolute atomic E-state index is 12.5. The normalized spacial score (nSPS) is 20.8. The molecule has 0 radical (unpaired) electrons. The molecule has 3 heterocycles. The number of nitrogens with zero attached hydrogens (tertiary/aromatic N) is 5. The lowest BCUT2D eigenvalue weighted by atomic mass is 10.1. The highest BCUT2D eigenvalue weighted by Crippen LogP contribution is 2.34. The number of carbonyl (C=O) groups excluding carboxylic acids is 1. The number of amides is 1. The van der Waals surface area contributed by atoms with Crippen LogP contribution < -0.4 is 10.5 Å². The van der Waals surface area contributed by atoms with Gasteiger partial charge in [0, 0.05) is 21.3 Å². The summed E-state index contributed by atoms with van der Waals surface area (Å²) in [5, 5.41) is 5.12. The van der Waals surface area contributed by atoms with Crippen molar-refractivity contribution in [3.05, 3.63) is 73.6 Å². The Morgan fingerprint density at radius 1 is 1.15 bits per heavy atom. The molecule has 0 saturated carbocycles. The summed E-state index contributed by atoms with van der Waals surface area (Å²) in [6.45, 7) is -1.22. The van der Waals surface area contributed by atoms with E-state index in [1.807, 2.05) is 30.3 Å².